The molecule has 0 aliphatic heterocycles. The molecule has 0 radical (unpaired) electrons. The first-order valence-corrected chi connectivity index (χ1v) is 4.22. The standard InChI is InChI=1S/C10H14F3N/c1-5-7(3)8(6-2)9(14-4)10(11,12)13/h5-6H,1-4H3/b7-5+,8-6-,14-9?. The molecule has 4 heteroatoms. The van der Waals surface area contributed by atoms with Gasteiger partial charge in [0.1, 0.15) is 5.71 Å². The second-order valence-corrected chi connectivity index (χ2v) is 2.74. The van der Waals surface area contributed by atoms with Crippen LogP contribution in [0.1, 0.15) is 20.8 Å². The molecule has 0 aromatic carbocycles. The Balaban J connectivity index is 5.26. The average Bonchev–Trinajstić information content (AvgIpc) is 2.10. The fourth-order valence-corrected chi connectivity index (χ4v) is 1.11. The van der Waals surface area contributed by atoms with Gasteiger partial charge in [-0.15, -0.1) is 0 Å². The summed E-state index contributed by atoms with van der Waals surface area (Å²) in [6.45, 7) is 4.90. The average molecular weight is 205 g/mol. The van der Waals surface area contributed by atoms with Crippen LogP contribution in [0.15, 0.2) is 28.3 Å². The minimum atomic E-state index is -4.39. The Bertz CT molecular complexity index is 282. The lowest BCUT2D eigenvalue weighted by Gasteiger charge is -2.13. The summed E-state index contributed by atoms with van der Waals surface area (Å²) in [6.07, 6.45) is -1.34. The van der Waals surface area contributed by atoms with E-state index in [9.17, 15) is 13.2 Å². The van der Waals surface area contributed by atoms with Crippen molar-refractivity contribution in [3.8, 4) is 0 Å². The number of aliphatic imine (C=N–C) groups is 1. The third-order valence-electron chi connectivity index (χ3n) is 1.89. The number of nitrogens with zero attached hydrogens (tertiary/aromatic N) is 1. The van der Waals surface area contributed by atoms with Crippen molar-refractivity contribution in [3.63, 3.8) is 0 Å². The summed E-state index contributed by atoms with van der Waals surface area (Å²) in [7, 11) is 1.15. The van der Waals surface area contributed by atoms with Crippen LogP contribution in [0.4, 0.5) is 13.2 Å². The van der Waals surface area contributed by atoms with Gasteiger partial charge < -0.3 is 0 Å². The van der Waals surface area contributed by atoms with Gasteiger partial charge in [-0.1, -0.05) is 12.2 Å². The quantitative estimate of drug-likeness (QED) is 0.483. The van der Waals surface area contributed by atoms with Crippen molar-refractivity contribution in [2.24, 2.45) is 4.99 Å². The minimum absolute atomic E-state index is 0.141. The summed E-state index contributed by atoms with van der Waals surface area (Å²) in [5.74, 6) is 0. The normalized spacial score (nSPS) is 16.1. The number of halogens is 3. The summed E-state index contributed by atoms with van der Waals surface area (Å²) < 4.78 is 37.4. The molecule has 0 unspecified atom stereocenters. The molecular formula is C10H14F3N. The van der Waals surface area contributed by atoms with E-state index in [1.807, 2.05) is 0 Å². The highest BCUT2D eigenvalue weighted by atomic mass is 19.4. The van der Waals surface area contributed by atoms with Gasteiger partial charge in [-0.2, -0.15) is 13.2 Å². The first-order valence-electron chi connectivity index (χ1n) is 4.22. The fourth-order valence-electron chi connectivity index (χ4n) is 1.11. The molecule has 0 saturated heterocycles. The summed E-state index contributed by atoms with van der Waals surface area (Å²) in [6, 6.07) is 0. The maximum atomic E-state index is 12.5. The number of alkyl halides is 3. The highest BCUT2D eigenvalue weighted by Crippen LogP contribution is 2.25. The van der Waals surface area contributed by atoms with E-state index in [-0.39, 0.29) is 5.57 Å². The second kappa shape index (κ2) is 4.98. The van der Waals surface area contributed by atoms with Crippen molar-refractivity contribution in [2.75, 3.05) is 7.05 Å². The molecule has 14 heavy (non-hydrogen) atoms. The largest absolute Gasteiger partial charge is 0.433 e. The van der Waals surface area contributed by atoms with Gasteiger partial charge in [0, 0.05) is 12.6 Å². The number of rotatable bonds is 2. The Morgan fingerprint density at radius 1 is 1.14 bits per heavy atom. The molecule has 0 atom stereocenters. The van der Waals surface area contributed by atoms with E-state index < -0.39 is 11.9 Å². The van der Waals surface area contributed by atoms with Crippen LogP contribution in [0, 0.1) is 0 Å². The zero-order chi connectivity index (χ0) is 11.4. The molecular weight excluding hydrogens is 191 g/mol. The van der Waals surface area contributed by atoms with Crippen molar-refractivity contribution < 1.29 is 13.2 Å². The Morgan fingerprint density at radius 2 is 1.64 bits per heavy atom. The van der Waals surface area contributed by atoms with Crippen LogP contribution < -0.4 is 0 Å². The van der Waals surface area contributed by atoms with Gasteiger partial charge in [0.25, 0.3) is 0 Å². The molecule has 0 rings (SSSR count). The van der Waals surface area contributed by atoms with Gasteiger partial charge in [0.05, 0.1) is 0 Å². The topological polar surface area (TPSA) is 12.4 Å². The summed E-state index contributed by atoms with van der Waals surface area (Å²) in [5.41, 5.74) is -0.108. The minimum Gasteiger partial charge on any atom is -0.283 e. The van der Waals surface area contributed by atoms with Crippen LogP contribution in [-0.2, 0) is 0 Å². The highest BCUT2D eigenvalue weighted by molar-refractivity contribution is 6.07. The van der Waals surface area contributed by atoms with Gasteiger partial charge in [0.2, 0.25) is 0 Å². The maximum absolute atomic E-state index is 12.5. The summed E-state index contributed by atoms with van der Waals surface area (Å²) >= 11 is 0. The molecule has 0 spiro atoms. The van der Waals surface area contributed by atoms with E-state index in [0.717, 1.165) is 7.05 Å². The number of hydrogen-bond donors (Lipinski definition) is 0. The third-order valence-corrected chi connectivity index (χ3v) is 1.89. The zero-order valence-electron chi connectivity index (χ0n) is 8.74. The van der Waals surface area contributed by atoms with E-state index in [1.165, 1.54) is 6.08 Å². The SMILES string of the molecule is C/C=C(C(=NC)C(F)(F)F)/C(C)=C/C. The van der Waals surface area contributed by atoms with Gasteiger partial charge in [-0.05, 0) is 26.3 Å². The van der Waals surface area contributed by atoms with Gasteiger partial charge in [-0.25, -0.2) is 0 Å². The van der Waals surface area contributed by atoms with Crippen LogP contribution in [0.25, 0.3) is 0 Å². The lowest BCUT2D eigenvalue weighted by molar-refractivity contribution is -0.0582. The van der Waals surface area contributed by atoms with Crippen molar-refractivity contribution in [3.05, 3.63) is 23.3 Å². The van der Waals surface area contributed by atoms with Crippen molar-refractivity contribution in [2.45, 2.75) is 26.9 Å². The molecule has 0 aliphatic rings. The summed E-state index contributed by atoms with van der Waals surface area (Å²) in [5, 5.41) is 0. The van der Waals surface area contributed by atoms with Crippen molar-refractivity contribution in [1.29, 1.82) is 0 Å². The van der Waals surface area contributed by atoms with E-state index in [0.29, 0.717) is 5.57 Å². The van der Waals surface area contributed by atoms with Crippen LogP contribution in [0.5, 0.6) is 0 Å². The molecule has 0 saturated carbocycles. The molecule has 0 aromatic rings. The smallest absolute Gasteiger partial charge is 0.283 e. The summed E-state index contributed by atoms with van der Waals surface area (Å²) in [4.78, 5) is 3.28. The van der Waals surface area contributed by atoms with E-state index >= 15 is 0 Å². The zero-order valence-corrected chi connectivity index (χ0v) is 8.74. The number of hydrogen-bond acceptors (Lipinski definition) is 1. The Morgan fingerprint density at radius 3 is 1.86 bits per heavy atom. The fraction of sp³-hybridized carbons (Fsp3) is 0.500. The van der Waals surface area contributed by atoms with Crippen LogP contribution in [0.2, 0.25) is 0 Å². The second-order valence-electron chi connectivity index (χ2n) is 2.74. The third kappa shape index (κ3) is 3.01. The van der Waals surface area contributed by atoms with E-state index in [2.05, 4.69) is 4.99 Å². The molecule has 80 valence electrons. The molecule has 0 N–H and O–H groups in total. The monoisotopic (exact) mass is 205 g/mol. The van der Waals surface area contributed by atoms with Crippen LogP contribution in [-0.4, -0.2) is 18.9 Å². The van der Waals surface area contributed by atoms with E-state index in [4.69, 9.17) is 0 Å². The van der Waals surface area contributed by atoms with Crippen LogP contribution in [0.3, 0.4) is 0 Å². The maximum Gasteiger partial charge on any atom is 0.433 e. The van der Waals surface area contributed by atoms with Crippen molar-refractivity contribution in [1.82, 2.24) is 0 Å². The van der Waals surface area contributed by atoms with Gasteiger partial charge in [0.15, 0.2) is 0 Å². The van der Waals surface area contributed by atoms with Crippen molar-refractivity contribution >= 4 is 5.71 Å². The Labute approximate surface area is 82.0 Å². The highest BCUT2D eigenvalue weighted by Gasteiger charge is 2.37. The lowest BCUT2D eigenvalue weighted by Crippen LogP contribution is -2.25. The Hall–Kier alpha value is -1.06. The lowest BCUT2D eigenvalue weighted by atomic mass is 10.0. The molecule has 0 bridgehead atoms. The first-order chi connectivity index (χ1) is 6.38. The molecule has 1 nitrogen and oxygen atoms in total. The Kier molecular flexibility index (Phi) is 4.60. The van der Waals surface area contributed by atoms with Gasteiger partial charge in [-0.3, -0.25) is 4.99 Å². The predicted octanol–water partition coefficient (Wildman–Crippen LogP) is 3.53. The molecule has 0 amide bonds. The molecule has 0 aliphatic carbocycles. The van der Waals surface area contributed by atoms with Crippen LogP contribution >= 0.6 is 0 Å². The molecule has 0 fully saturated rings. The van der Waals surface area contributed by atoms with Gasteiger partial charge >= 0.3 is 6.18 Å². The first kappa shape index (κ1) is 12.9. The van der Waals surface area contributed by atoms with E-state index in [1.54, 1.807) is 26.8 Å². The predicted molar refractivity (Wildman–Crippen MR) is 52.6 cm³/mol. The molecule has 0 aromatic heterocycles. The molecule has 0 heterocycles. The number of allylic oxidation sites excluding steroid dienone is 4.